The summed E-state index contributed by atoms with van der Waals surface area (Å²) in [6, 6.07) is 10.5. The minimum Gasteiger partial charge on any atom is -0.493 e. The summed E-state index contributed by atoms with van der Waals surface area (Å²) in [5.41, 5.74) is -0.139. The fraction of sp³-hybridized carbons (Fsp3) is 0.172. The van der Waals surface area contributed by atoms with Crippen molar-refractivity contribution in [2.75, 3.05) is 6.61 Å². The molecule has 7 heteroatoms. The lowest BCUT2D eigenvalue weighted by molar-refractivity contribution is 0.303. The summed E-state index contributed by atoms with van der Waals surface area (Å²) < 4.78 is 90.2. The molecule has 0 N–H and O–H groups in total. The number of benzene rings is 4. The Kier molecular flexibility index (Phi) is 7.54. The van der Waals surface area contributed by atoms with Crippen molar-refractivity contribution < 1.29 is 31.1 Å². The van der Waals surface area contributed by atoms with Gasteiger partial charge in [-0.15, -0.1) is 0 Å². The Morgan fingerprint density at radius 2 is 1.44 bits per heavy atom. The lowest BCUT2D eigenvalue weighted by atomic mass is 10.0. The molecule has 0 unspecified atom stereocenters. The van der Waals surface area contributed by atoms with E-state index >= 15 is 0 Å². The van der Waals surface area contributed by atoms with Crippen molar-refractivity contribution in [2.24, 2.45) is 0 Å². The van der Waals surface area contributed by atoms with Crippen LogP contribution < -0.4 is 4.74 Å². The monoisotopic (exact) mass is 498 g/mol. The van der Waals surface area contributed by atoms with Crippen LogP contribution in [0.1, 0.15) is 37.3 Å². The highest BCUT2D eigenvalue weighted by Crippen LogP contribution is 2.31. The highest BCUT2D eigenvalue weighted by molar-refractivity contribution is 5.84. The number of rotatable bonds is 6. The van der Waals surface area contributed by atoms with Crippen molar-refractivity contribution in [3.8, 4) is 28.7 Å². The molecule has 0 aliphatic heterocycles. The smallest absolute Gasteiger partial charge is 0.195 e. The molecule has 0 saturated carbocycles. The van der Waals surface area contributed by atoms with Gasteiger partial charge in [-0.25, -0.2) is 26.3 Å². The second-order valence-corrected chi connectivity index (χ2v) is 8.18. The van der Waals surface area contributed by atoms with Crippen LogP contribution in [-0.4, -0.2) is 6.61 Å². The lowest BCUT2D eigenvalue weighted by Gasteiger charge is -2.10. The SMILES string of the molecule is CCCCCOc1cc(F)c(-c2ccc(C#Cc3ccc4c(F)c(F)c(F)cc4c3)c(F)c2)c(F)c1. The van der Waals surface area contributed by atoms with Gasteiger partial charge in [0.05, 0.1) is 17.7 Å². The molecule has 0 aliphatic rings. The third-order valence-electron chi connectivity index (χ3n) is 5.60. The first-order valence-electron chi connectivity index (χ1n) is 11.3. The number of fused-ring (bicyclic) bond motifs is 1. The zero-order chi connectivity index (χ0) is 25.8. The van der Waals surface area contributed by atoms with Gasteiger partial charge in [-0.2, -0.15) is 0 Å². The molecule has 36 heavy (non-hydrogen) atoms. The fourth-order valence-corrected chi connectivity index (χ4v) is 3.75. The highest BCUT2D eigenvalue weighted by Gasteiger charge is 2.16. The maximum absolute atomic E-state index is 14.7. The van der Waals surface area contributed by atoms with E-state index in [-0.39, 0.29) is 33.2 Å². The van der Waals surface area contributed by atoms with Crippen LogP contribution in [0.2, 0.25) is 0 Å². The maximum atomic E-state index is 14.7. The van der Waals surface area contributed by atoms with Gasteiger partial charge in [-0.05, 0) is 47.7 Å². The topological polar surface area (TPSA) is 9.23 Å². The van der Waals surface area contributed by atoms with Crippen molar-refractivity contribution in [1.82, 2.24) is 0 Å². The third kappa shape index (κ3) is 5.33. The first-order chi connectivity index (χ1) is 17.3. The zero-order valence-corrected chi connectivity index (χ0v) is 19.2. The van der Waals surface area contributed by atoms with Crippen LogP contribution in [0.5, 0.6) is 5.75 Å². The van der Waals surface area contributed by atoms with E-state index in [1.807, 2.05) is 6.92 Å². The average Bonchev–Trinajstić information content (AvgIpc) is 2.84. The number of hydrogen-bond donors (Lipinski definition) is 0. The van der Waals surface area contributed by atoms with Crippen molar-refractivity contribution in [3.63, 3.8) is 0 Å². The second-order valence-electron chi connectivity index (χ2n) is 8.18. The molecule has 0 aromatic heterocycles. The quantitative estimate of drug-likeness (QED) is 0.112. The molecule has 0 bridgehead atoms. The molecule has 4 aromatic rings. The Morgan fingerprint density at radius 3 is 2.14 bits per heavy atom. The van der Waals surface area contributed by atoms with Crippen LogP contribution in [0.4, 0.5) is 26.3 Å². The summed E-state index contributed by atoms with van der Waals surface area (Å²) in [6.07, 6.45) is 2.69. The Balaban J connectivity index is 1.58. The second kappa shape index (κ2) is 10.8. The zero-order valence-electron chi connectivity index (χ0n) is 19.2. The van der Waals surface area contributed by atoms with E-state index < -0.39 is 34.9 Å². The standard InChI is InChI=1S/C29H20F6O/c1-2-3-4-11-36-21-15-24(31)27(25(32)16-21)19-9-8-18(23(30)13-19)7-5-17-6-10-22-20(12-17)14-26(33)29(35)28(22)34/h6,8-10,12-16H,2-4,11H2,1H3. The molecule has 0 atom stereocenters. The van der Waals surface area contributed by atoms with Gasteiger partial charge in [0.25, 0.3) is 0 Å². The molecule has 0 saturated heterocycles. The highest BCUT2D eigenvalue weighted by atomic mass is 19.2. The summed E-state index contributed by atoms with van der Waals surface area (Å²) in [4.78, 5) is 0. The van der Waals surface area contributed by atoms with Gasteiger partial charge in [0.2, 0.25) is 0 Å². The predicted octanol–water partition coefficient (Wildman–Crippen LogP) is 8.31. The molecule has 0 spiro atoms. The Hall–Kier alpha value is -3.92. The molecule has 0 amide bonds. The van der Waals surface area contributed by atoms with Crippen LogP contribution in [0.3, 0.4) is 0 Å². The van der Waals surface area contributed by atoms with E-state index in [1.165, 1.54) is 30.3 Å². The minimum absolute atomic E-state index is 0.00994. The first kappa shape index (κ1) is 25.2. The van der Waals surface area contributed by atoms with Crippen molar-refractivity contribution in [3.05, 3.63) is 101 Å². The summed E-state index contributed by atoms with van der Waals surface area (Å²) >= 11 is 0. The van der Waals surface area contributed by atoms with Crippen molar-refractivity contribution >= 4 is 10.8 Å². The number of unbranched alkanes of at least 4 members (excludes halogenated alkanes) is 2. The first-order valence-corrected chi connectivity index (χ1v) is 11.3. The molecule has 184 valence electrons. The third-order valence-corrected chi connectivity index (χ3v) is 5.60. The van der Waals surface area contributed by atoms with Gasteiger partial charge in [0, 0.05) is 23.1 Å². The summed E-state index contributed by atoms with van der Waals surface area (Å²) in [5.74, 6) is -1.45. The lowest BCUT2D eigenvalue weighted by Crippen LogP contribution is -2.00. The molecule has 0 aliphatic carbocycles. The van der Waals surface area contributed by atoms with E-state index in [2.05, 4.69) is 11.8 Å². The number of halogens is 6. The van der Waals surface area contributed by atoms with Gasteiger partial charge >= 0.3 is 0 Å². The fourth-order valence-electron chi connectivity index (χ4n) is 3.75. The maximum Gasteiger partial charge on any atom is 0.195 e. The van der Waals surface area contributed by atoms with Crippen LogP contribution in [-0.2, 0) is 0 Å². The molecule has 4 rings (SSSR count). The summed E-state index contributed by atoms with van der Waals surface area (Å²) in [6.45, 7) is 2.37. The van der Waals surface area contributed by atoms with Crippen LogP contribution in [0.15, 0.2) is 54.6 Å². The minimum atomic E-state index is -1.56. The average molecular weight is 498 g/mol. The van der Waals surface area contributed by atoms with Gasteiger partial charge in [0.1, 0.15) is 23.2 Å². The largest absolute Gasteiger partial charge is 0.493 e. The molecule has 0 heterocycles. The van der Waals surface area contributed by atoms with E-state index in [0.29, 0.717) is 12.2 Å². The normalized spacial score (nSPS) is 10.9. The molecule has 1 nitrogen and oxygen atoms in total. The molecular formula is C29H20F6O. The molecule has 4 aromatic carbocycles. The van der Waals surface area contributed by atoms with Gasteiger partial charge in [-0.3, -0.25) is 0 Å². The van der Waals surface area contributed by atoms with Crippen LogP contribution in [0.25, 0.3) is 21.9 Å². The molecule has 0 fully saturated rings. The summed E-state index contributed by atoms with van der Waals surface area (Å²) in [5, 5.41) is -0.0193. The van der Waals surface area contributed by atoms with Crippen LogP contribution >= 0.6 is 0 Å². The van der Waals surface area contributed by atoms with E-state index in [9.17, 15) is 26.3 Å². The van der Waals surface area contributed by atoms with E-state index in [4.69, 9.17) is 4.74 Å². The molecule has 0 radical (unpaired) electrons. The molecular weight excluding hydrogens is 478 g/mol. The van der Waals surface area contributed by atoms with E-state index in [1.54, 1.807) is 0 Å². The Morgan fingerprint density at radius 1 is 0.694 bits per heavy atom. The summed E-state index contributed by atoms with van der Waals surface area (Å²) in [7, 11) is 0. The van der Waals surface area contributed by atoms with Gasteiger partial charge < -0.3 is 4.74 Å². The number of ether oxygens (including phenoxy) is 1. The van der Waals surface area contributed by atoms with Crippen molar-refractivity contribution in [2.45, 2.75) is 26.2 Å². The van der Waals surface area contributed by atoms with Crippen LogP contribution in [0, 0.1) is 46.7 Å². The van der Waals surface area contributed by atoms with Gasteiger partial charge in [-0.1, -0.05) is 43.7 Å². The van der Waals surface area contributed by atoms with E-state index in [0.717, 1.165) is 43.5 Å². The van der Waals surface area contributed by atoms with Crippen molar-refractivity contribution in [1.29, 1.82) is 0 Å². The Labute approximate surface area is 204 Å². The van der Waals surface area contributed by atoms with Gasteiger partial charge in [0.15, 0.2) is 17.5 Å². The number of hydrogen-bond acceptors (Lipinski definition) is 1. The Bertz CT molecular complexity index is 1480. The predicted molar refractivity (Wildman–Crippen MR) is 127 cm³/mol.